The number of halogens is 2. The number of H-pyrrole nitrogens is 2. The first-order chi connectivity index (χ1) is 15.4. The van der Waals surface area contributed by atoms with Gasteiger partial charge in [-0.3, -0.25) is 9.51 Å². The molecule has 2 aliphatic rings. The smallest absolute Gasteiger partial charge is 0.385 e. The first kappa shape index (κ1) is 19.2. The number of rotatable bonds is 4. The van der Waals surface area contributed by atoms with Crippen LogP contribution in [0, 0.1) is 11.6 Å². The van der Waals surface area contributed by atoms with Crippen LogP contribution < -0.4 is 11.1 Å². The number of fused-ring (bicyclic) bond motifs is 2. The molecule has 164 valence electrons. The molecule has 9 heteroatoms. The van der Waals surface area contributed by atoms with Gasteiger partial charge in [-0.1, -0.05) is 23.4 Å². The lowest BCUT2D eigenvalue weighted by Crippen LogP contribution is -2.33. The standard InChI is InChI=1S/C23H20F2N4O3/c24-16-9-17-18(15(10-26-17)21-28-22(30)32-29-21)19(25)20(16)27-14-7-11-2-3-13(6-12(11)8-14)23(31)4-1-5-23/h2-3,6,9-10,14,26-27,31H,1,4-5,7-8H2,(H,28,29,30)/t14-/m1/s1. The summed E-state index contributed by atoms with van der Waals surface area (Å²) in [4.78, 5) is 16.5. The minimum Gasteiger partial charge on any atom is -0.385 e. The van der Waals surface area contributed by atoms with Crippen LogP contribution in [-0.4, -0.2) is 26.3 Å². The molecule has 2 aromatic carbocycles. The first-order valence-corrected chi connectivity index (χ1v) is 10.6. The Bertz CT molecular complexity index is 1420. The highest BCUT2D eigenvalue weighted by Crippen LogP contribution is 2.42. The highest BCUT2D eigenvalue weighted by Gasteiger charge is 2.37. The Hall–Kier alpha value is -3.46. The Morgan fingerprint density at radius 3 is 2.72 bits per heavy atom. The van der Waals surface area contributed by atoms with Crippen molar-refractivity contribution in [1.82, 2.24) is 15.1 Å². The molecule has 1 atom stereocenters. The Morgan fingerprint density at radius 1 is 1.19 bits per heavy atom. The molecule has 2 aliphatic carbocycles. The SMILES string of the molecule is O=c1[nH]c(-c2c[nH]c3cc(F)c(N[C@@H]4Cc5ccc(C6(O)CCC6)cc5C4)c(F)c23)no1. The fourth-order valence-electron chi connectivity index (χ4n) is 4.90. The number of benzene rings is 2. The molecule has 0 amide bonds. The number of aromatic nitrogens is 3. The normalized spacial score (nSPS) is 19.2. The van der Waals surface area contributed by atoms with Crippen LogP contribution in [0.4, 0.5) is 14.5 Å². The minimum atomic E-state index is -0.763. The molecule has 2 aromatic heterocycles. The van der Waals surface area contributed by atoms with E-state index in [1.54, 1.807) is 0 Å². The van der Waals surface area contributed by atoms with E-state index in [9.17, 15) is 14.3 Å². The first-order valence-electron chi connectivity index (χ1n) is 10.6. The van der Waals surface area contributed by atoms with Crippen LogP contribution in [0.2, 0.25) is 0 Å². The molecule has 2 heterocycles. The zero-order chi connectivity index (χ0) is 22.0. The fourth-order valence-corrected chi connectivity index (χ4v) is 4.90. The average molecular weight is 438 g/mol. The van der Waals surface area contributed by atoms with Gasteiger partial charge in [0.05, 0.1) is 11.1 Å². The molecule has 0 bridgehead atoms. The lowest BCUT2D eigenvalue weighted by atomic mass is 9.74. The Balaban J connectivity index is 1.32. The van der Waals surface area contributed by atoms with Crippen molar-refractivity contribution < 1.29 is 18.4 Å². The van der Waals surface area contributed by atoms with Crippen LogP contribution in [0.3, 0.4) is 0 Å². The fraction of sp³-hybridized carbons (Fsp3) is 0.304. The van der Waals surface area contributed by atoms with Gasteiger partial charge in [-0.15, -0.1) is 0 Å². The second-order valence-corrected chi connectivity index (χ2v) is 8.73. The van der Waals surface area contributed by atoms with E-state index in [0.717, 1.165) is 36.0 Å². The molecule has 0 aliphatic heterocycles. The van der Waals surface area contributed by atoms with Crippen LogP contribution in [-0.2, 0) is 18.4 Å². The van der Waals surface area contributed by atoms with Crippen molar-refractivity contribution in [3.63, 3.8) is 0 Å². The van der Waals surface area contributed by atoms with Crippen molar-refractivity contribution in [2.45, 2.75) is 43.7 Å². The molecule has 4 N–H and O–H groups in total. The largest absolute Gasteiger partial charge is 0.439 e. The van der Waals surface area contributed by atoms with E-state index in [0.29, 0.717) is 12.8 Å². The number of hydrogen-bond donors (Lipinski definition) is 4. The Morgan fingerprint density at radius 2 is 2.00 bits per heavy atom. The number of nitrogens with zero attached hydrogens (tertiary/aromatic N) is 1. The van der Waals surface area contributed by atoms with Gasteiger partial charge in [0.1, 0.15) is 5.69 Å². The van der Waals surface area contributed by atoms with Crippen molar-refractivity contribution in [1.29, 1.82) is 0 Å². The summed E-state index contributed by atoms with van der Waals surface area (Å²) in [5.41, 5.74) is 2.68. The van der Waals surface area contributed by atoms with Crippen molar-refractivity contribution in [2.24, 2.45) is 0 Å². The zero-order valence-electron chi connectivity index (χ0n) is 17.0. The number of aliphatic hydroxyl groups is 1. The quantitative estimate of drug-likeness (QED) is 0.388. The van der Waals surface area contributed by atoms with E-state index < -0.39 is 23.0 Å². The van der Waals surface area contributed by atoms with Crippen molar-refractivity contribution in [2.75, 3.05) is 5.32 Å². The van der Waals surface area contributed by atoms with Crippen LogP contribution in [0.5, 0.6) is 0 Å². The molecule has 0 spiro atoms. The summed E-state index contributed by atoms with van der Waals surface area (Å²) in [6.45, 7) is 0. The highest BCUT2D eigenvalue weighted by atomic mass is 19.1. The maximum Gasteiger partial charge on any atom is 0.439 e. The van der Waals surface area contributed by atoms with Crippen LogP contribution >= 0.6 is 0 Å². The van der Waals surface area contributed by atoms with Gasteiger partial charge in [0.15, 0.2) is 17.5 Å². The second kappa shape index (κ2) is 6.77. The third-order valence-corrected chi connectivity index (χ3v) is 6.76. The minimum absolute atomic E-state index is 0.0624. The second-order valence-electron chi connectivity index (χ2n) is 8.73. The molecule has 1 fully saturated rings. The van der Waals surface area contributed by atoms with Crippen LogP contribution in [0.25, 0.3) is 22.3 Å². The van der Waals surface area contributed by atoms with Gasteiger partial charge in [0, 0.05) is 29.3 Å². The lowest BCUT2D eigenvalue weighted by molar-refractivity contribution is -0.0388. The predicted octanol–water partition coefficient (Wildman–Crippen LogP) is 3.74. The van der Waals surface area contributed by atoms with Gasteiger partial charge in [-0.2, -0.15) is 0 Å². The van der Waals surface area contributed by atoms with Crippen LogP contribution in [0.15, 0.2) is 39.8 Å². The summed E-state index contributed by atoms with van der Waals surface area (Å²) in [6.07, 6.45) is 5.22. The topological polar surface area (TPSA) is 107 Å². The van der Waals surface area contributed by atoms with Crippen LogP contribution in [0.1, 0.15) is 36.0 Å². The maximum absolute atomic E-state index is 15.5. The summed E-state index contributed by atoms with van der Waals surface area (Å²) in [5.74, 6) is -2.17. The van der Waals surface area contributed by atoms with Crippen molar-refractivity contribution in [3.8, 4) is 11.4 Å². The molecule has 0 saturated heterocycles. The van der Waals surface area contributed by atoms with Gasteiger partial charge in [-0.05, 0) is 48.8 Å². The lowest BCUT2D eigenvalue weighted by Gasteiger charge is -2.37. The van der Waals surface area contributed by atoms with E-state index in [1.165, 1.54) is 12.3 Å². The average Bonchev–Trinajstić information content (AvgIpc) is 3.46. The van der Waals surface area contributed by atoms with Crippen molar-refractivity contribution in [3.05, 3.63) is 69.3 Å². The molecule has 0 radical (unpaired) electrons. The molecule has 32 heavy (non-hydrogen) atoms. The van der Waals surface area contributed by atoms with Crippen molar-refractivity contribution >= 4 is 16.6 Å². The summed E-state index contributed by atoms with van der Waals surface area (Å²) in [7, 11) is 0. The third-order valence-electron chi connectivity index (χ3n) is 6.76. The summed E-state index contributed by atoms with van der Waals surface area (Å²) < 4.78 is 34.8. The van der Waals surface area contributed by atoms with Gasteiger partial charge < -0.3 is 15.4 Å². The monoisotopic (exact) mass is 438 g/mol. The van der Waals surface area contributed by atoms with E-state index in [-0.39, 0.29) is 34.0 Å². The molecular formula is C23H20F2N4O3. The number of hydrogen-bond acceptors (Lipinski definition) is 5. The van der Waals surface area contributed by atoms with E-state index >= 15 is 4.39 Å². The number of anilines is 1. The summed E-state index contributed by atoms with van der Waals surface area (Å²) >= 11 is 0. The molecular weight excluding hydrogens is 418 g/mol. The Kier molecular flexibility index (Phi) is 4.07. The highest BCUT2D eigenvalue weighted by molar-refractivity contribution is 5.96. The summed E-state index contributed by atoms with van der Waals surface area (Å²) in [6, 6.07) is 7.01. The van der Waals surface area contributed by atoms with E-state index in [2.05, 4.69) is 25.0 Å². The Labute approximate surface area is 180 Å². The van der Waals surface area contributed by atoms with E-state index in [1.807, 2.05) is 18.2 Å². The molecule has 4 aromatic rings. The molecule has 0 unspecified atom stereocenters. The molecule has 1 saturated carbocycles. The zero-order valence-corrected chi connectivity index (χ0v) is 17.0. The van der Waals surface area contributed by atoms with E-state index in [4.69, 9.17) is 0 Å². The van der Waals surface area contributed by atoms with Gasteiger partial charge >= 0.3 is 5.76 Å². The molecule has 7 nitrogen and oxygen atoms in total. The summed E-state index contributed by atoms with van der Waals surface area (Å²) in [5, 5.41) is 17.4. The number of nitrogens with one attached hydrogen (secondary N) is 3. The molecule has 6 rings (SSSR count). The van der Waals surface area contributed by atoms with Gasteiger partial charge in [-0.25, -0.2) is 13.6 Å². The maximum atomic E-state index is 15.5. The van der Waals surface area contributed by atoms with Gasteiger partial charge in [0.2, 0.25) is 0 Å². The predicted molar refractivity (Wildman–Crippen MR) is 113 cm³/mol. The third kappa shape index (κ3) is 2.88. The number of aromatic amines is 2. The van der Waals surface area contributed by atoms with Gasteiger partial charge in [0.25, 0.3) is 0 Å².